The van der Waals surface area contributed by atoms with Crippen LogP contribution in [-0.2, 0) is 11.2 Å². The van der Waals surface area contributed by atoms with Crippen molar-refractivity contribution in [2.24, 2.45) is 0 Å². The van der Waals surface area contributed by atoms with Crippen LogP contribution in [-0.4, -0.2) is 68.0 Å². The van der Waals surface area contributed by atoms with Gasteiger partial charge in [-0.25, -0.2) is 4.68 Å². The number of amides is 2. The zero-order valence-corrected chi connectivity index (χ0v) is 17.1. The van der Waals surface area contributed by atoms with E-state index in [0.29, 0.717) is 49.9 Å². The third-order valence-corrected chi connectivity index (χ3v) is 5.34. The van der Waals surface area contributed by atoms with Crippen molar-refractivity contribution in [1.82, 2.24) is 30.0 Å². The minimum atomic E-state index is -0.530. The number of carbonyl (C=O) groups is 2. The minimum absolute atomic E-state index is 0.0461. The van der Waals surface area contributed by atoms with Crippen LogP contribution in [0.1, 0.15) is 33.7 Å². The number of hydrogen-bond donors (Lipinski definition) is 0. The lowest BCUT2D eigenvalue weighted by Crippen LogP contribution is -2.52. The number of hydrogen-bond acceptors (Lipinski definition) is 6. The highest BCUT2D eigenvalue weighted by atomic mass is 16.3. The zero-order chi connectivity index (χ0) is 21.1. The highest BCUT2D eigenvalue weighted by Crippen LogP contribution is 2.20. The fourth-order valence-corrected chi connectivity index (χ4v) is 3.69. The maximum atomic E-state index is 13.4. The van der Waals surface area contributed by atoms with Crippen LogP contribution in [0.2, 0.25) is 0 Å². The van der Waals surface area contributed by atoms with Crippen molar-refractivity contribution in [3.63, 3.8) is 0 Å². The molecule has 0 spiro atoms. The van der Waals surface area contributed by atoms with Crippen molar-refractivity contribution in [3.8, 4) is 0 Å². The summed E-state index contributed by atoms with van der Waals surface area (Å²) in [6, 6.07) is 12.7. The van der Waals surface area contributed by atoms with Gasteiger partial charge in [-0.2, -0.15) is 0 Å². The Kier molecular flexibility index (Phi) is 5.60. The quantitative estimate of drug-likeness (QED) is 0.637. The number of carbonyl (C=O) groups excluding carboxylic acids is 2. The van der Waals surface area contributed by atoms with Crippen LogP contribution in [0.25, 0.3) is 0 Å². The van der Waals surface area contributed by atoms with Crippen LogP contribution in [0.15, 0.2) is 46.9 Å². The Labute approximate surface area is 174 Å². The van der Waals surface area contributed by atoms with Gasteiger partial charge in [0.05, 0.1) is 0 Å². The number of piperazine rings is 1. The van der Waals surface area contributed by atoms with Crippen molar-refractivity contribution < 1.29 is 14.0 Å². The molecule has 4 rings (SSSR count). The highest BCUT2D eigenvalue weighted by Gasteiger charge is 2.32. The molecule has 3 heterocycles. The number of tetrazole rings is 1. The summed E-state index contributed by atoms with van der Waals surface area (Å²) in [6.07, 6.45) is 0.496. The van der Waals surface area contributed by atoms with E-state index >= 15 is 0 Å². The fraction of sp³-hybridized carbons (Fsp3) is 0.381. The molecule has 1 atom stereocenters. The van der Waals surface area contributed by atoms with Gasteiger partial charge in [-0.05, 0) is 42.0 Å². The fourth-order valence-electron chi connectivity index (χ4n) is 3.69. The van der Waals surface area contributed by atoms with Gasteiger partial charge < -0.3 is 14.2 Å². The Morgan fingerprint density at radius 1 is 1.00 bits per heavy atom. The second-order valence-corrected chi connectivity index (χ2v) is 7.40. The Morgan fingerprint density at radius 3 is 2.30 bits per heavy atom. The molecule has 1 aliphatic heterocycles. The molecular formula is C21H24N6O3. The van der Waals surface area contributed by atoms with Gasteiger partial charge in [-0.1, -0.05) is 30.3 Å². The first-order valence-corrected chi connectivity index (χ1v) is 9.96. The van der Waals surface area contributed by atoms with Gasteiger partial charge in [0.15, 0.2) is 5.76 Å². The first-order valence-electron chi connectivity index (χ1n) is 9.96. The SMILES string of the molecule is Cc1ccc(C(=O)N2CCN(C(=O)C(Cc3ccccc3)n3nnnc3C)CC2)o1. The summed E-state index contributed by atoms with van der Waals surface area (Å²) in [5.41, 5.74) is 1.03. The molecule has 0 radical (unpaired) electrons. The van der Waals surface area contributed by atoms with E-state index in [1.54, 1.807) is 40.5 Å². The Bertz CT molecular complexity index is 1020. The molecule has 1 fully saturated rings. The number of furan rings is 1. The van der Waals surface area contributed by atoms with Crippen LogP contribution >= 0.6 is 0 Å². The van der Waals surface area contributed by atoms with Crippen LogP contribution in [0.3, 0.4) is 0 Å². The smallest absolute Gasteiger partial charge is 0.289 e. The summed E-state index contributed by atoms with van der Waals surface area (Å²) < 4.78 is 7.02. The minimum Gasteiger partial charge on any atom is -0.456 e. The first kappa shape index (κ1) is 19.8. The van der Waals surface area contributed by atoms with Crippen LogP contribution in [0.5, 0.6) is 0 Å². The lowest BCUT2D eigenvalue weighted by atomic mass is 10.0. The molecule has 2 amide bonds. The number of aryl methyl sites for hydroxylation is 2. The standard InChI is InChI=1S/C21H24N6O3/c1-15-8-9-19(30-15)21(29)26-12-10-25(11-13-26)20(28)18(27-16(2)22-23-24-27)14-17-6-4-3-5-7-17/h3-9,18H,10-14H2,1-2H3. The summed E-state index contributed by atoms with van der Waals surface area (Å²) in [5.74, 6) is 1.43. The summed E-state index contributed by atoms with van der Waals surface area (Å²) >= 11 is 0. The average molecular weight is 408 g/mol. The van der Waals surface area contributed by atoms with E-state index < -0.39 is 6.04 Å². The molecule has 30 heavy (non-hydrogen) atoms. The summed E-state index contributed by atoms with van der Waals surface area (Å²) in [5, 5.41) is 11.7. The second-order valence-electron chi connectivity index (χ2n) is 7.40. The van der Waals surface area contributed by atoms with E-state index in [1.165, 1.54) is 0 Å². The predicted octanol–water partition coefficient (Wildman–Crippen LogP) is 1.65. The largest absolute Gasteiger partial charge is 0.456 e. The normalized spacial score (nSPS) is 15.3. The Morgan fingerprint density at radius 2 is 1.70 bits per heavy atom. The van der Waals surface area contributed by atoms with Gasteiger partial charge in [0.1, 0.15) is 17.6 Å². The summed E-state index contributed by atoms with van der Waals surface area (Å²) in [7, 11) is 0. The summed E-state index contributed by atoms with van der Waals surface area (Å²) in [4.78, 5) is 29.5. The maximum Gasteiger partial charge on any atom is 0.289 e. The molecule has 9 nitrogen and oxygen atoms in total. The van der Waals surface area contributed by atoms with Gasteiger partial charge in [0.25, 0.3) is 5.91 Å². The lowest BCUT2D eigenvalue weighted by Gasteiger charge is -2.36. The van der Waals surface area contributed by atoms with Crippen molar-refractivity contribution in [1.29, 1.82) is 0 Å². The lowest BCUT2D eigenvalue weighted by molar-refractivity contribution is -0.136. The zero-order valence-electron chi connectivity index (χ0n) is 17.1. The molecule has 1 saturated heterocycles. The molecule has 0 aliphatic carbocycles. The number of aromatic nitrogens is 4. The van der Waals surface area contributed by atoms with E-state index in [9.17, 15) is 9.59 Å². The highest BCUT2D eigenvalue weighted by molar-refractivity contribution is 5.91. The van der Waals surface area contributed by atoms with Crippen molar-refractivity contribution in [2.75, 3.05) is 26.2 Å². The van der Waals surface area contributed by atoms with Crippen molar-refractivity contribution >= 4 is 11.8 Å². The topological polar surface area (TPSA) is 97.4 Å². The van der Waals surface area contributed by atoms with Crippen molar-refractivity contribution in [2.45, 2.75) is 26.3 Å². The number of rotatable bonds is 5. The monoisotopic (exact) mass is 408 g/mol. The molecule has 1 aromatic carbocycles. The molecule has 9 heteroatoms. The predicted molar refractivity (Wildman–Crippen MR) is 108 cm³/mol. The number of nitrogens with zero attached hydrogens (tertiary/aromatic N) is 6. The molecule has 1 aliphatic rings. The van der Waals surface area contributed by atoms with Gasteiger partial charge in [-0.15, -0.1) is 5.10 Å². The molecule has 2 aromatic heterocycles. The molecule has 0 N–H and O–H groups in total. The molecule has 156 valence electrons. The van der Waals surface area contributed by atoms with Crippen LogP contribution < -0.4 is 0 Å². The molecule has 0 bridgehead atoms. The second kappa shape index (κ2) is 8.48. The molecule has 0 saturated carbocycles. The average Bonchev–Trinajstić information content (AvgIpc) is 3.40. The van der Waals surface area contributed by atoms with E-state index in [0.717, 1.165) is 5.56 Å². The maximum absolute atomic E-state index is 13.4. The summed E-state index contributed by atoms with van der Waals surface area (Å²) in [6.45, 7) is 5.41. The van der Waals surface area contributed by atoms with Crippen LogP contribution in [0, 0.1) is 13.8 Å². The van der Waals surface area contributed by atoms with Crippen molar-refractivity contribution in [3.05, 3.63) is 65.4 Å². The van der Waals surface area contributed by atoms with Gasteiger partial charge in [-0.3, -0.25) is 9.59 Å². The van der Waals surface area contributed by atoms with Gasteiger partial charge in [0.2, 0.25) is 5.91 Å². The van der Waals surface area contributed by atoms with Gasteiger partial charge >= 0.3 is 0 Å². The van der Waals surface area contributed by atoms with E-state index in [4.69, 9.17) is 4.42 Å². The van der Waals surface area contributed by atoms with E-state index in [-0.39, 0.29) is 11.8 Å². The Hall–Kier alpha value is -3.49. The third-order valence-electron chi connectivity index (χ3n) is 5.34. The third kappa shape index (κ3) is 4.10. The van der Waals surface area contributed by atoms with Gasteiger partial charge in [0, 0.05) is 32.6 Å². The Balaban J connectivity index is 1.46. The van der Waals surface area contributed by atoms with Crippen LogP contribution in [0.4, 0.5) is 0 Å². The number of benzene rings is 1. The molecule has 3 aromatic rings. The first-order chi connectivity index (χ1) is 14.5. The van der Waals surface area contributed by atoms with E-state index in [1.807, 2.05) is 30.3 Å². The van der Waals surface area contributed by atoms with E-state index in [2.05, 4.69) is 15.5 Å². The molecular weight excluding hydrogens is 384 g/mol. The molecule has 1 unspecified atom stereocenters.